The summed E-state index contributed by atoms with van der Waals surface area (Å²) in [6, 6.07) is 0. The molecular weight excluding hydrogens is 1470 g/mol. The smallest absolute Gasteiger partial charge is 0.181 e. The van der Waals surface area contributed by atoms with Crippen molar-refractivity contribution in [3.05, 3.63) is 94.7 Å². The second kappa shape index (κ2) is 28.7. The Morgan fingerprint density at radius 2 is 1.09 bits per heavy atom. The van der Waals surface area contributed by atoms with Gasteiger partial charge in [-0.15, -0.1) is 0 Å². The molecule has 0 amide bonds. The lowest BCUT2D eigenvalue weighted by molar-refractivity contribution is -0.239. The van der Waals surface area contributed by atoms with Crippen LogP contribution in [0.15, 0.2) is 94.7 Å². The molecule has 0 saturated heterocycles. The van der Waals surface area contributed by atoms with E-state index in [1.165, 1.54) is 11.1 Å². The van der Waals surface area contributed by atoms with Gasteiger partial charge in [0, 0.05) is 68.5 Å². The van der Waals surface area contributed by atoms with Crippen molar-refractivity contribution < 1.29 is 85.3 Å². The van der Waals surface area contributed by atoms with Gasteiger partial charge in [0.2, 0.25) is 0 Å². The van der Waals surface area contributed by atoms with Crippen molar-refractivity contribution in [2.24, 2.45) is 137 Å². The Labute approximate surface area is 696 Å². The molecule has 0 heterocycles. The fraction of sp³-hybridized carbons (Fsp3) is 0.790. The Hall–Kier alpha value is -4.21. The number of rotatable bonds is 0. The van der Waals surface area contributed by atoms with Crippen LogP contribution >= 0.6 is 0 Å². The van der Waals surface area contributed by atoms with Crippen LogP contribution in [0.4, 0.5) is 0 Å². The number of hydrogen-bond acceptors (Lipinski definition) is 17. The van der Waals surface area contributed by atoms with Crippen molar-refractivity contribution in [3.8, 4) is 0 Å². The quantitative estimate of drug-likeness (QED) is 0.100. The van der Waals surface area contributed by atoms with Gasteiger partial charge in [0.25, 0.3) is 0 Å². The first-order valence-corrected chi connectivity index (χ1v) is 46.1. The summed E-state index contributed by atoms with van der Waals surface area (Å²) >= 11 is 0. The maximum atomic E-state index is 12.5. The van der Waals surface area contributed by atoms with Gasteiger partial charge in [-0.05, 0) is 324 Å². The molecule has 0 bridgehead atoms. The SMILES string of the molecule is C=C1C[C@@H]2[C@H]([C@H](O)C[C@]3(C)[C@@H](O)CC[C@@]23O)[C@@]2(C)C=CC(=O)C=C12.C=C1[C@H](O)[C@@H]2[C@H](CC[C@]3(C)[C@@H](O)CC[C@@]23O)[C@@]2(C)CC[C@@H](O)C[C@@H]12.CC1=CC(=O)C=C2CC[C@@H]3[C@H](CC[C@]4(C)C(=O)CC[C@@]34O)[C@@]12C.CC1=C[C@@]2(C)C(=CC1=O)CC[C@H]1[C@@H]3CC[C@H](O)[C@@]3(C)[C@H](O)C[C@@H]12.C[C@@H]1C[C@@]2(C)[C@@H](CC[C@H]3[C@@H]4CC[C@H](O)[C@@]4(C)CC[C@@]32O)CC1=O. The Morgan fingerprint density at radius 3 is 1.81 bits per heavy atom. The zero-order valence-corrected chi connectivity index (χ0v) is 72.8. The molecule has 36 atom stereocenters. The van der Waals surface area contributed by atoms with E-state index in [1.54, 1.807) is 18.2 Å². The van der Waals surface area contributed by atoms with Crippen LogP contribution in [-0.2, 0) is 24.0 Å². The summed E-state index contributed by atoms with van der Waals surface area (Å²) in [5.41, 5.74) is 0.449. The van der Waals surface area contributed by atoms with E-state index in [-0.39, 0.29) is 115 Å². The van der Waals surface area contributed by atoms with Crippen LogP contribution < -0.4 is 0 Å². The van der Waals surface area contributed by atoms with Crippen LogP contribution in [0.5, 0.6) is 0 Å². The molecule has 12 N–H and O–H groups in total. The highest BCUT2D eigenvalue weighted by Crippen LogP contribution is 2.74. The summed E-state index contributed by atoms with van der Waals surface area (Å²) < 4.78 is 0. The molecule has 20 aliphatic rings. The fourth-order valence-corrected chi connectivity index (χ4v) is 33.4. The van der Waals surface area contributed by atoms with Gasteiger partial charge in [-0.25, -0.2) is 0 Å². The summed E-state index contributed by atoms with van der Waals surface area (Å²) in [6.07, 6.45) is 32.7. The van der Waals surface area contributed by atoms with Crippen LogP contribution in [0.25, 0.3) is 0 Å². The molecule has 0 aromatic carbocycles. The summed E-state index contributed by atoms with van der Waals surface area (Å²) in [6.45, 7) is 35.7. The van der Waals surface area contributed by atoms with Crippen LogP contribution in [-0.4, -0.2) is 161 Å². The molecule has 646 valence electrons. The van der Waals surface area contributed by atoms with Gasteiger partial charge >= 0.3 is 0 Å². The zero-order valence-electron chi connectivity index (χ0n) is 72.8. The molecule has 0 radical (unpaired) electrons. The van der Waals surface area contributed by atoms with Gasteiger partial charge < -0.3 is 61.3 Å². The molecule has 117 heavy (non-hydrogen) atoms. The number of fused-ring (bicyclic) bond motifs is 25. The van der Waals surface area contributed by atoms with E-state index in [0.29, 0.717) is 111 Å². The second-order valence-corrected chi connectivity index (χ2v) is 45.3. The van der Waals surface area contributed by atoms with Gasteiger partial charge in [-0.2, -0.15) is 0 Å². The maximum absolute atomic E-state index is 12.5. The third kappa shape index (κ3) is 11.9. The lowest BCUT2D eigenvalue weighted by Crippen LogP contribution is -2.67. The molecule has 20 aliphatic carbocycles. The van der Waals surface area contributed by atoms with Crippen LogP contribution in [0.2, 0.25) is 0 Å². The monoisotopic (exact) mass is 1620 g/mol. The third-order valence-electron chi connectivity index (χ3n) is 41.3. The Kier molecular flexibility index (Phi) is 21.1. The van der Waals surface area contributed by atoms with E-state index >= 15 is 0 Å². The number of carbonyl (C=O) groups is 5. The normalized spacial score (nSPS) is 54.8. The maximum Gasteiger partial charge on any atom is 0.181 e. The predicted octanol–water partition coefficient (Wildman–Crippen LogP) is 13.6. The number of hydrogen-bond donors (Lipinski definition) is 12. The molecular formula is C100H144O17. The Balaban J connectivity index is 0.000000110. The Bertz CT molecular complexity index is 4310. The summed E-state index contributed by atoms with van der Waals surface area (Å²) in [7, 11) is 0. The van der Waals surface area contributed by atoms with E-state index < -0.39 is 74.6 Å². The van der Waals surface area contributed by atoms with E-state index in [4.69, 9.17) is 0 Å². The molecule has 0 aromatic heterocycles. The van der Waals surface area contributed by atoms with E-state index in [0.717, 1.165) is 156 Å². The highest BCUT2D eigenvalue weighted by molar-refractivity contribution is 6.05. The van der Waals surface area contributed by atoms with Crippen molar-refractivity contribution in [1.29, 1.82) is 0 Å². The number of ketones is 5. The Morgan fingerprint density at radius 1 is 0.453 bits per heavy atom. The van der Waals surface area contributed by atoms with Crippen molar-refractivity contribution in [3.63, 3.8) is 0 Å². The fourth-order valence-electron chi connectivity index (χ4n) is 33.4. The van der Waals surface area contributed by atoms with Crippen molar-refractivity contribution in [2.75, 3.05) is 0 Å². The molecule has 17 saturated carbocycles. The zero-order chi connectivity index (χ0) is 84.8. The topological polar surface area (TPSA) is 328 Å². The highest BCUT2D eigenvalue weighted by Gasteiger charge is 2.74. The lowest BCUT2D eigenvalue weighted by Gasteiger charge is -2.65. The van der Waals surface area contributed by atoms with Crippen molar-refractivity contribution in [2.45, 2.75) is 354 Å². The minimum Gasteiger partial charge on any atom is -0.393 e. The molecule has 0 aromatic rings. The van der Waals surface area contributed by atoms with Crippen LogP contribution in [0.1, 0.15) is 283 Å². The van der Waals surface area contributed by atoms with E-state index in [2.05, 4.69) is 67.7 Å². The number of aliphatic hydroxyl groups excluding tert-OH is 8. The van der Waals surface area contributed by atoms with E-state index in [1.807, 2.05) is 59.8 Å². The number of aliphatic hydroxyl groups is 12. The second-order valence-electron chi connectivity index (χ2n) is 45.3. The third-order valence-corrected chi connectivity index (χ3v) is 41.3. The predicted molar refractivity (Wildman–Crippen MR) is 446 cm³/mol. The first kappa shape index (κ1) is 86.3. The van der Waals surface area contributed by atoms with Crippen molar-refractivity contribution in [1.82, 2.24) is 0 Å². The number of carbonyl (C=O) groups excluding carboxylic acids is 5. The molecule has 0 spiro atoms. The van der Waals surface area contributed by atoms with Gasteiger partial charge in [0.05, 0.1) is 76.7 Å². The standard InChI is InChI=1S/C20H32O4.C20H26O4.C20H26O3.C20H28O3.C20H32O3/c1-11-14-10-12(21)4-7-18(14,2)13-5-8-19(3)15(22)6-9-20(19,24)16(13)17(11)23;1-11-8-14-17(18(2)6-4-12(21)9-13(11)18)15(22)10-19(3)16(23)5-7-20(14,19)24;1-12-10-14(21)11-13-4-5-16-15(19(12,13)3)6-8-18(2)17(22)7-9-20(16,18)23;1-11-10-19(2)12(8-16(11)21)4-5-13-14-6-7-17(22)20(14,3)18(23)9-15(13)19;1-12-11-19(3)13(10-16(12)21)4-5-15-14-6-7-17(22)18(14,2)8-9-20(15,19)23/h12-17,21-24H,1,4-10H2,2-3H3;4,6,9,14-17,22-24H,1,5,7-8,10H2,2-3H3;10-11,15-16,23H,4-9H2,1-3H3;8,10,13-15,17-18,22-23H,4-7,9H2,1-3H3;12-15,17,22-23H,4-11H2,1-3H3/t12-,13+,14+,15+,16+,17+,18-,19-,20-;14-,15-,16+,17-,18+,19-,20-;15-,16+,18+,19-,20+;13-,14-,15-,17-,18+,19-,20-;12-,13+,14+,15+,17+,18+,19+,20-/m11001/s1. The minimum atomic E-state index is -1.03. The summed E-state index contributed by atoms with van der Waals surface area (Å²) in [4.78, 5) is 60.5. The molecule has 20 rings (SSSR count). The largest absolute Gasteiger partial charge is 0.393 e. The first-order valence-electron chi connectivity index (χ1n) is 46.1. The number of allylic oxidation sites excluding steroid dienone is 13. The first-order chi connectivity index (χ1) is 54.5. The molecule has 17 fully saturated rings. The summed E-state index contributed by atoms with van der Waals surface area (Å²) in [5.74, 6) is 3.58. The highest BCUT2D eigenvalue weighted by atomic mass is 16.3. The average Bonchev–Trinajstić information content (AvgIpc) is 1.64. The van der Waals surface area contributed by atoms with Crippen LogP contribution in [0.3, 0.4) is 0 Å². The van der Waals surface area contributed by atoms with Crippen LogP contribution in [0, 0.1) is 137 Å². The molecule has 0 unspecified atom stereocenters. The van der Waals surface area contributed by atoms with Gasteiger partial charge in [-0.1, -0.05) is 117 Å². The lowest BCUT2D eigenvalue weighted by atomic mass is 9.42. The summed E-state index contributed by atoms with van der Waals surface area (Å²) in [5, 5.41) is 132. The molecule has 0 aliphatic heterocycles. The number of Topliss-reactive ketones (excluding diaryl/α,β-unsaturated/α-hetero) is 2. The average molecular weight is 1620 g/mol. The molecule has 17 nitrogen and oxygen atoms in total. The van der Waals surface area contributed by atoms with E-state index in [9.17, 15) is 85.3 Å². The minimum absolute atomic E-state index is 0.00377. The van der Waals surface area contributed by atoms with Gasteiger partial charge in [-0.3, -0.25) is 24.0 Å². The van der Waals surface area contributed by atoms with Gasteiger partial charge in [0.1, 0.15) is 11.6 Å². The van der Waals surface area contributed by atoms with Crippen molar-refractivity contribution >= 4 is 28.9 Å². The molecule has 17 heteroatoms. The van der Waals surface area contributed by atoms with Gasteiger partial charge in [0.15, 0.2) is 17.3 Å².